The van der Waals surface area contributed by atoms with Gasteiger partial charge in [-0.2, -0.15) is 5.10 Å². The van der Waals surface area contributed by atoms with Crippen LogP contribution in [0.3, 0.4) is 0 Å². The van der Waals surface area contributed by atoms with Crippen LogP contribution in [0.15, 0.2) is 41.5 Å². The number of nitrogens with zero attached hydrogens (tertiary/aromatic N) is 2. The maximum atomic E-state index is 11.8. The molecule has 2 aromatic carbocycles. The number of nitro groups is 1. The molecule has 1 amide bonds. The number of benzene rings is 2. The number of amides is 1. The number of nitro benzene ring substituents is 1. The number of halogens is 2. The third-order valence-corrected chi connectivity index (χ3v) is 4.03. The van der Waals surface area contributed by atoms with Gasteiger partial charge in [0.05, 0.1) is 21.2 Å². The molecule has 2 rings (SSSR count). The van der Waals surface area contributed by atoms with Crippen LogP contribution in [-0.2, 0) is 11.2 Å². The maximum Gasteiger partial charge on any atom is 0.311 e. The largest absolute Gasteiger partial charge is 0.477 e. The first-order valence-electron chi connectivity index (χ1n) is 7.58. The molecule has 0 bridgehead atoms. The average Bonchev–Trinajstić information content (AvgIpc) is 2.62. The number of carbonyl (C=O) groups is 1. The first-order valence-corrected chi connectivity index (χ1v) is 8.34. The number of nitrogens with one attached hydrogen (secondary N) is 1. The lowest BCUT2D eigenvalue weighted by Gasteiger charge is -2.07. The highest BCUT2D eigenvalue weighted by molar-refractivity contribution is 6.38. The van der Waals surface area contributed by atoms with Crippen molar-refractivity contribution in [3.8, 4) is 5.75 Å². The van der Waals surface area contributed by atoms with E-state index in [2.05, 4.69) is 10.5 Å². The lowest BCUT2D eigenvalue weighted by molar-refractivity contribution is -0.385. The van der Waals surface area contributed by atoms with E-state index < -0.39 is 17.4 Å². The highest BCUT2D eigenvalue weighted by Gasteiger charge is 2.16. The summed E-state index contributed by atoms with van der Waals surface area (Å²) in [6, 6.07) is 9.56. The van der Waals surface area contributed by atoms with E-state index in [1.165, 1.54) is 18.3 Å². The van der Waals surface area contributed by atoms with Crippen LogP contribution in [-0.4, -0.2) is 23.7 Å². The van der Waals surface area contributed by atoms with Gasteiger partial charge >= 0.3 is 5.69 Å². The van der Waals surface area contributed by atoms with Gasteiger partial charge < -0.3 is 4.74 Å². The van der Waals surface area contributed by atoms with Gasteiger partial charge in [-0.1, -0.05) is 42.3 Å². The van der Waals surface area contributed by atoms with E-state index in [1.807, 2.05) is 6.92 Å². The van der Waals surface area contributed by atoms with Crippen molar-refractivity contribution in [3.05, 3.63) is 67.7 Å². The molecule has 0 aliphatic rings. The molecule has 0 saturated carbocycles. The molecule has 0 unspecified atom stereocenters. The van der Waals surface area contributed by atoms with Gasteiger partial charge in [-0.05, 0) is 30.2 Å². The molecule has 0 heterocycles. The van der Waals surface area contributed by atoms with Gasteiger partial charge in [0.1, 0.15) is 0 Å². The highest BCUT2D eigenvalue weighted by Crippen LogP contribution is 2.28. The Morgan fingerprint density at radius 2 is 2.00 bits per heavy atom. The fourth-order valence-electron chi connectivity index (χ4n) is 2.03. The maximum absolute atomic E-state index is 11.8. The van der Waals surface area contributed by atoms with E-state index in [0.717, 1.165) is 5.56 Å². The molecule has 0 aromatic heterocycles. The van der Waals surface area contributed by atoms with E-state index in [1.54, 1.807) is 24.3 Å². The molecule has 136 valence electrons. The molecule has 1 N–H and O–H groups in total. The monoisotopic (exact) mass is 395 g/mol. The number of aryl methyl sites for hydroxylation is 1. The van der Waals surface area contributed by atoms with Crippen molar-refractivity contribution in [1.82, 2.24) is 5.43 Å². The van der Waals surface area contributed by atoms with Crippen molar-refractivity contribution < 1.29 is 14.5 Å². The number of hydrogen-bond acceptors (Lipinski definition) is 5. The van der Waals surface area contributed by atoms with Crippen LogP contribution in [0.25, 0.3) is 0 Å². The van der Waals surface area contributed by atoms with Crippen molar-refractivity contribution >= 4 is 41.0 Å². The summed E-state index contributed by atoms with van der Waals surface area (Å²) in [6.07, 6.45) is 1.96. The molecule has 26 heavy (non-hydrogen) atoms. The summed E-state index contributed by atoms with van der Waals surface area (Å²) < 4.78 is 5.23. The zero-order valence-corrected chi connectivity index (χ0v) is 15.3. The molecular formula is C17H15Cl2N3O4. The minimum Gasteiger partial charge on any atom is -0.477 e. The second-order valence-electron chi connectivity index (χ2n) is 5.13. The fraction of sp³-hybridized carbons (Fsp3) is 0.176. The number of ether oxygens (including phenoxy) is 1. The molecule has 0 fully saturated rings. The second-order valence-corrected chi connectivity index (χ2v) is 5.94. The predicted molar refractivity (Wildman–Crippen MR) is 100 cm³/mol. The van der Waals surface area contributed by atoms with E-state index in [0.29, 0.717) is 22.0 Å². The van der Waals surface area contributed by atoms with E-state index >= 15 is 0 Å². The number of hydrazone groups is 1. The molecule has 0 aliphatic heterocycles. The Kier molecular flexibility index (Phi) is 6.94. The van der Waals surface area contributed by atoms with Gasteiger partial charge in [0, 0.05) is 11.6 Å². The first kappa shape index (κ1) is 19.7. The number of hydrogen-bond donors (Lipinski definition) is 1. The summed E-state index contributed by atoms with van der Waals surface area (Å²) in [5.74, 6) is -0.571. The Labute approximate surface area is 159 Å². The fourth-order valence-corrected chi connectivity index (χ4v) is 2.52. The number of rotatable bonds is 7. The van der Waals surface area contributed by atoms with Gasteiger partial charge in [-0.15, -0.1) is 0 Å². The normalized spacial score (nSPS) is 10.7. The van der Waals surface area contributed by atoms with Crippen LogP contribution in [0.4, 0.5) is 5.69 Å². The summed E-state index contributed by atoms with van der Waals surface area (Å²) in [4.78, 5) is 22.3. The Hall–Kier alpha value is -2.64. The summed E-state index contributed by atoms with van der Waals surface area (Å²) >= 11 is 12.0. The predicted octanol–water partition coefficient (Wildman–Crippen LogP) is 3.99. The van der Waals surface area contributed by atoms with Crippen molar-refractivity contribution in [2.45, 2.75) is 13.3 Å². The van der Waals surface area contributed by atoms with Crippen LogP contribution < -0.4 is 10.2 Å². The zero-order valence-electron chi connectivity index (χ0n) is 13.7. The lowest BCUT2D eigenvalue weighted by atomic mass is 10.1. The topological polar surface area (TPSA) is 93.8 Å². The van der Waals surface area contributed by atoms with Crippen molar-refractivity contribution in [2.75, 3.05) is 6.61 Å². The quantitative estimate of drug-likeness (QED) is 0.435. The molecule has 0 saturated heterocycles. The standard InChI is InChI=1S/C17H15Cl2N3O4/c1-2-11-6-7-16(15(8-11)22(24)25)26-10-17(23)21-20-9-12-13(18)4-3-5-14(12)19/h3-9H,2,10H2,1H3,(H,21,23). The van der Waals surface area contributed by atoms with E-state index in [9.17, 15) is 14.9 Å². The smallest absolute Gasteiger partial charge is 0.311 e. The number of carbonyl (C=O) groups excluding carboxylic acids is 1. The van der Waals surface area contributed by atoms with Crippen LogP contribution in [0.2, 0.25) is 10.0 Å². The molecule has 0 radical (unpaired) electrons. The van der Waals surface area contributed by atoms with Gasteiger partial charge in [0.2, 0.25) is 0 Å². The summed E-state index contributed by atoms with van der Waals surface area (Å²) in [7, 11) is 0. The molecule has 0 aliphatic carbocycles. The highest BCUT2D eigenvalue weighted by atomic mass is 35.5. The molecular weight excluding hydrogens is 381 g/mol. The summed E-state index contributed by atoms with van der Waals surface area (Å²) in [6.45, 7) is 1.45. The van der Waals surface area contributed by atoms with Gasteiger partial charge in [-0.3, -0.25) is 14.9 Å². The van der Waals surface area contributed by atoms with Crippen LogP contribution >= 0.6 is 23.2 Å². The van der Waals surface area contributed by atoms with Crippen LogP contribution in [0.5, 0.6) is 5.75 Å². The molecule has 9 heteroatoms. The second kappa shape index (κ2) is 9.17. The van der Waals surface area contributed by atoms with Crippen molar-refractivity contribution in [3.63, 3.8) is 0 Å². The van der Waals surface area contributed by atoms with Gasteiger partial charge in [0.15, 0.2) is 12.4 Å². The van der Waals surface area contributed by atoms with Crippen molar-refractivity contribution in [2.24, 2.45) is 5.10 Å². The minimum absolute atomic E-state index is 0.0143. The van der Waals surface area contributed by atoms with Crippen LogP contribution in [0.1, 0.15) is 18.1 Å². The Balaban J connectivity index is 1.97. The van der Waals surface area contributed by atoms with E-state index in [-0.39, 0.29) is 11.4 Å². The molecule has 0 spiro atoms. The lowest BCUT2D eigenvalue weighted by Crippen LogP contribution is -2.24. The average molecular weight is 396 g/mol. The van der Waals surface area contributed by atoms with Gasteiger partial charge in [-0.25, -0.2) is 5.43 Å². The Morgan fingerprint density at radius 1 is 1.31 bits per heavy atom. The Bertz CT molecular complexity index is 836. The Morgan fingerprint density at radius 3 is 2.62 bits per heavy atom. The summed E-state index contributed by atoms with van der Waals surface area (Å²) in [5.41, 5.74) is 3.32. The van der Waals surface area contributed by atoms with Gasteiger partial charge in [0.25, 0.3) is 5.91 Å². The third-order valence-electron chi connectivity index (χ3n) is 3.37. The first-order chi connectivity index (χ1) is 12.4. The molecule has 7 nitrogen and oxygen atoms in total. The van der Waals surface area contributed by atoms with Crippen molar-refractivity contribution in [1.29, 1.82) is 0 Å². The zero-order chi connectivity index (χ0) is 19.1. The minimum atomic E-state index is -0.585. The van der Waals surface area contributed by atoms with Crippen LogP contribution in [0, 0.1) is 10.1 Å². The van der Waals surface area contributed by atoms with E-state index in [4.69, 9.17) is 27.9 Å². The third kappa shape index (κ3) is 5.18. The molecule has 0 atom stereocenters. The SMILES string of the molecule is CCc1ccc(OCC(=O)NN=Cc2c(Cl)cccc2Cl)c([N+](=O)[O-])c1. The molecule has 2 aromatic rings. The summed E-state index contributed by atoms with van der Waals surface area (Å²) in [5, 5.41) is 15.6.